The van der Waals surface area contributed by atoms with Gasteiger partial charge >= 0.3 is 0 Å². The molecule has 0 saturated heterocycles. The maximum atomic E-state index is 11.2. The van der Waals surface area contributed by atoms with E-state index in [1.807, 2.05) is 25.1 Å². The fraction of sp³-hybridized carbons (Fsp3) is 0.571. The number of hydrogen-bond acceptors (Lipinski definition) is 3. The molecule has 0 aliphatic carbocycles. The lowest BCUT2D eigenvalue weighted by Crippen LogP contribution is -2.43. The first kappa shape index (κ1) is 16.1. The van der Waals surface area contributed by atoms with Crippen LogP contribution in [0.2, 0.25) is 0 Å². The van der Waals surface area contributed by atoms with Crippen molar-refractivity contribution in [3.05, 3.63) is 35.9 Å². The van der Waals surface area contributed by atoms with E-state index in [0.717, 1.165) is 6.54 Å². The standard InChI is InChI=1S/C14H24N2O2S/c1-12(2)16(10-13(3)15-19(4,17)18)11-14-8-6-5-7-9-14/h5-9,12-13,15H,10-11H2,1-4H3. The quantitative estimate of drug-likeness (QED) is 0.831. The van der Waals surface area contributed by atoms with Crippen LogP contribution in [0.1, 0.15) is 26.3 Å². The summed E-state index contributed by atoms with van der Waals surface area (Å²) in [4.78, 5) is 2.26. The molecule has 0 heterocycles. The fourth-order valence-corrected chi connectivity index (χ4v) is 2.84. The topological polar surface area (TPSA) is 49.4 Å². The first-order valence-electron chi connectivity index (χ1n) is 6.53. The van der Waals surface area contributed by atoms with Crippen LogP contribution in [0.25, 0.3) is 0 Å². The monoisotopic (exact) mass is 284 g/mol. The summed E-state index contributed by atoms with van der Waals surface area (Å²) in [5, 5.41) is 0. The SMILES string of the molecule is CC(CN(Cc1ccccc1)C(C)C)NS(C)(=O)=O. The van der Waals surface area contributed by atoms with Crippen LogP contribution in [-0.4, -0.2) is 38.2 Å². The van der Waals surface area contributed by atoms with Gasteiger partial charge in [-0.05, 0) is 26.3 Å². The van der Waals surface area contributed by atoms with E-state index in [1.54, 1.807) is 0 Å². The third kappa shape index (κ3) is 6.71. The van der Waals surface area contributed by atoms with Gasteiger partial charge < -0.3 is 0 Å². The van der Waals surface area contributed by atoms with Crippen LogP contribution in [0.4, 0.5) is 0 Å². The molecule has 0 bridgehead atoms. The summed E-state index contributed by atoms with van der Waals surface area (Å²) >= 11 is 0. The number of nitrogens with zero attached hydrogens (tertiary/aromatic N) is 1. The number of sulfonamides is 1. The second-order valence-corrected chi connectivity index (χ2v) is 7.08. The molecule has 0 amide bonds. The molecule has 0 saturated carbocycles. The molecule has 0 spiro atoms. The van der Waals surface area contributed by atoms with Crippen molar-refractivity contribution in [3.63, 3.8) is 0 Å². The third-order valence-electron chi connectivity index (χ3n) is 2.88. The van der Waals surface area contributed by atoms with E-state index >= 15 is 0 Å². The molecule has 0 aliphatic rings. The van der Waals surface area contributed by atoms with Crippen molar-refractivity contribution < 1.29 is 8.42 Å². The lowest BCUT2D eigenvalue weighted by Gasteiger charge is -2.29. The van der Waals surface area contributed by atoms with Crippen LogP contribution in [0.3, 0.4) is 0 Å². The van der Waals surface area contributed by atoms with Gasteiger partial charge in [-0.3, -0.25) is 4.90 Å². The lowest BCUT2D eigenvalue weighted by atomic mass is 10.1. The summed E-state index contributed by atoms with van der Waals surface area (Å²) in [6, 6.07) is 10.5. The molecule has 0 fully saturated rings. The van der Waals surface area contributed by atoms with Gasteiger partial charge in [0.25, 0.3) is 0 Å². The first-order chi connectivity index (χ1) is 8.78. The molecule has 5 heteroatoms. The van der Waals surface area contributed by atoms with Crippen molar-refractivity contribution in [1.29, 1.82) is 0 Å². The van der Waals surface area contributed by atoms with Crippen molar-refractivity contribution in [3.8, 4) is 0 Å². The smallest absolute Gasteiger partial charge is 0.208 e. The van der Waals surface area contributed by atoms with E-state index in [4.69, 9.17) is 0 Å². The highest BCUT2D eigenvalue weighted by Gasteiger charge is 2.16. The summed E-state index contributed by atoms with van der Waals surface area (Å²) in [6.07, 6.45) is 1.19. The predicted octanol–water partition coefficient (Wildman–Crippen LogP) is 1.83. The summed E-state index contributed by atoms with van der Waals surface area (Å²) in [5.41, 5.74) is 1.24. The molecule has 1 N–H and O–H groups in total. The molecule has 1 aromatic carbocycles. The molecule has 19 heavy (non-hydrogen) atoms. The zero-order chi connectivity index (χ0) is 14.5. The van der Waals surface area contributed by atoms with Crippen molar-refractivity contribution in [1.82, 2.24) is 9.62 Å². The number of benzene rings is 1. The zero-order valence-corrected chi connectivity index (χ0v) is 12.9. The third-order valence-corrected chi connectivity index (χ3v) is 3.71. The van der Waals surface area contributed by atoms with Crippen LogP contribution in [0.15, 0.2) is 30.3 Å². The van der Waals surface area contributed by atoms with Gasteiger partial charge in [0.1, 0.15) is 0 Å². The second kappa shape index (κ2) is 7.03. The highest BCUT2D eigenvalue weighted by molar-refractivity contribution is 7.88. The van der Waals surface area contributed by atoms with Crippen molar-refractivity contribution in [2.45, 2.75) is 39.4 Å². The average molecular weight is 284 g/mol. The molecule has 0 radical (unpaired) electrons. The average Bonchev–Trinajstić information content (AvgIpc) is 2.26. The largest absolute Gasteiger partial charge is 0.295 e. The Kier molecular flexibility index (Phi) is 5.97. The zero-order valence-electron chi connectivity index (χ0n) is 12.1. The van der Waals surface area contributed by atoms with Crippen molar-refractivity contribution in [2.24, 2.45) is 0 Å². The lowest BCUT2D eigenvalue weighted by molar-refractivity contribution is 0.199. The molecule has 1 unspecified atom stereocenters. The first-order valence-corrected chi connectivity index (χ1v) is 8.42. The van der Waals surface area contributed by atoms with Gasteiger partial charge in [0, 0.05) is 25.2 Å². The van der Waals surface area contributed by atoms with Crippen LogP contribution in [0.5, 0.6) is 0 Å². The molecule has 1 rings (SSSR count). The highest BCUT2D eigenvalue weighted by atomic mass is 32.2. The van der Waals surface area contributed by atoms with Gasteiger partial charge in [-0.25, -0.2) is 13.1 Å². The number of nitrogens with one attached hydrogen (secondary N) is 1. The van der Waals surface area contributed by atoms with E-state index in [0.29, 0.717) is 12.6 Å². The van der Waals surface area contributed by atoms with E-state index in [1.165, 1.54) is 11.8 Å². The Hall–Kier alpha value is -0.910. The van der Waals surface area contributed by atoms with E-state index in [2.05, 4.69) is 35.6 Å². The number of rotatable bonds is 7. The second-order valence-electron chi connectivity index (χ2n) is 5.30. The van der Waals surface area contributed by atoms with Crippen LogP contribution in [-0.2, 0) is 16.6 Å². The Morgan fingerprint density at radius 3 is 2.21 bits per heavy atom. The minimum Gasteiger partial charge on any atom is -0.295 e. The Morgan fingerprint density at radius 2 is 1.74 bits per heavy atom. The van der Waals surface area contributed by atoms with E-state index in [-0.39, 0.29) is 6.04 Å². The number of hydrogen-bond donors (Lipinski definition) is 1. The summed E-state index contributed by atoms with van der Waals surface area (Å²) in [6.45, 7) is 7.65. The van der Waals surface area contributed by atoms with Gasteiger partial charge in [0.05, 0.1) is 6.26 Å². The predicted molar refractivity (Wildman–Crippen MR) is 79.4 cm³/mol. The maximum Gasteiger partial charge on any atom is 0.208 e. The fourth-order valence-electron chi connectivity index (χ4n) is 2.03. The molecule has 4 nitrogen and oxygen atoms in total. The summed E-state index contributed by atoms with van der Waals surface area (Å²) in [5.74, 6) is 0. The van der Waals surface area contributed by atoms with Crippen LogP contribution < -0.4 is 4.72 Å². The molecular formula is C14H24N2O2S. The minimum absolute atomic E-state index is 0.0962. The van der Waals surface area contributed by atoms with E-state index in [9.17, 15) is 8.42 Å². The van der Waals surface area contributed by atoms with Crippen LogP contribution >= 0.6 is 0 Å². The van der Waals surface area contributed by atoms with Gasteiger partial charge in [0.15, 0.2) is 0 Å². The Morgan fingerprint density at radius 1 is 1.16 bits per heavy atom. The summed E-state index contributed by atoms with van der Waals surface area (Å²) in [7, 11) is -3.14. The molecule has 1 aromatic rings. The van der Waals surface area contributed by atoms with E-state index < -0.39 is 10.0 Å². The summed E-state index contributed by atoms with van der Waals surface area (Å²) < 4.78 is 25.1. The minimum atomic E-state index is -3.14. The normalized spacial score (nSPS) is 14.0. The molecular weight excluding hydrogens is 260 g/mol. The Bertz CT molecular complexity index is 471. The molecule has 108 valence electrons. The molecule has 0 aromatic heterocycles. The molecule has 0 aliphatic heterocycles. The highest BCUT2D eigenvalue weighted by Crippen LogP contribution is 2.09. The van der Waals surface area contributed by atoms with Gasteiger partial charge in [-0.2, -0.15) is 0 Å². The van der Waals surface area contributed by atoms with Gasteiger partial charge in [-0.1, -0.05) is 30.3 Å². The van der Waals surface area contributed by atoms with Gasteiger partial charge in [0.2, 0.25) is 10.0 Å². The Labute approximate surface area is 116 Å². The van der Waals surface area contributed by atoms with Crippen molar-refractivity contribution in [2.75, 3.05) is 12.8 Å². The maximum absolute atomic E-state index is 11.2. The molecule has 1 atom stereocenters. The van der Waals surface area contributed by atoms with Crippen molar-refractivity contribution >= 4 is 10.0 Å². The van der Waals surface area contributed by atoms with Crippen LogP contribution in [0, 0.1) is 0 Å². The van der Waals surface area contributed by atoms with Gasteiger partial charge in [-0.15, -0.1) is 0 Å². The Balaban J connectivity index is 2.63.